The lowest BCUT2D eigenvalue weighted by Crippen LogP contribution is -2.33. The van der Waals surface area contributed by atoms with Crippen molar-refractivity contribution >= 4 is 35.1 Å². The van der Waals surface area contributed by atoms with Crippen LogP contribution in [0.25, 0.3) is 5.69 Å². The molecule has 1 aromatic heterocycles. The average molecular weight is 426 g/mol. The molecule has 0 aliphatic carbocycles. The van der Waals surface area contributed by atoms with E-state index in [9.17, 15) is 4.79 Å². The summed E-state index contributed by atoms with van der Waals surface area (Å²) in [4.78, 5) is 16.2. The van der Waals surface area contributed by atoms with Gasteiger partial charge in [-0.05, 0) is 54.0 Å². The molecule has 0 N–H and O–H groups in total. The second kappa shape index (κ2) is 8.59. The third-order valence-electron chi connectivity index (χ3n) is 4.96. The van der Waals surface area contributed by atoms with Crippen molar-refractivity contribution in [2.45, 2.75) is 42.5 Å². The Hall–Kier alpha value is -2.32. The fraction of sp³-hybridized carbons (Fsp3) is 0.333. The Bertz CT molecular complexity index is 1020. The predicted octanol–water partition coefficient (Wildman–Crippen LogP) is 4.29. The Morgan fingerprint density at radius 3 is 2.72 bits per heavy atom. The Morgan fingerprint density at radius 1 is 1.17 bits per heavy atom. The van der Waals surface area contributed by atoms with E-state index in [1.165, 1.54) is 11.8 Å². The first-order chi connectivity index (χ1) is 14.0. The van der Waals surface area contributed by atoms with Gasteiger partial charge in [-0.3, -0.25) is 4.79 Å². The number of para-hydroxylation sites is 2. The number of nitrogens with zero attached hydrogens (tertiary/aromatic N) is 5. The molecular formula is C21H23N5OS2. The summed E-state index contributed by atoms with van der Waals surface area (Å²) in [5.74, 6) is 0.367. The first kappa shape index (κ1) is 20.0. The SMILES string of the molecule is Cc1cccc(C)c1-n1nnnc1SCC(=O)N1CC[C@H](C)Sc2ccccc21. The summed E-state index contributed by atoms with van der Waals surface area (Å²) >= 11 is 3.21. The van der Waals surface area contributed by atoms with Crippen molar-refractivity contribution in [3.63, 3.8) is 0 Å². The fourth-order valence-electron chi connectivity index (χ4n) is 3.50. The summed E-state index contributed by atoms with van der Waals surface area (Å²) in [5, 5.41) is 13.3. The van der Waals surface area contributed by atoms with Gasteiger partial charge in [0.15, 0.2) is 0 Å². The topological polar surface area (TPSA) is 63.9 Å². The molecule has 2 heterocycles. The van der Waals surface area contributed by atoms with Crippen molar-refractivity contribution in [1.82, 2.24) is 20.2 Å². The van der Waals surface area contributed by atoms with Crippen molar-refractivity contribution in [2.75, 3.05) is 17.2 Å². The molecule has 1 aliphatic rings. The van der Waals surface area contributed by atoms with Gasteiger partial charge < -0.3 is 4.90 Å². The number of fused-ring (bicyclic) bond motifs is 1. The number of anilines is 1. The van der Waals surface area contributed by atoms with Crippen molar-refractivity contribution in [3.8, 4) is 5.69 Å². The zero-order chi connectivity index (χ0) is 20.4. The number of rotatable bonds is 4. The van der Waals surface area contributed by atoms with E-state index in [1.54, 1.807) is 4.68 Å². The van der Waals surface area contributed by atoms with Crippen LogP contribution in [0, 0.1) is 13.8 Å². The van der Waals surface area contributed by atoms with Crippen LogP contribution in [0.5, 0.6) is 0 Å². The third-order valence-corrected chi connectivity index (χ3v) is 7.10. The maximum atomic E-state index is 13.1. The lowest BCUT2D eigenvalue weighted by Gasteiger charge is -2.22. The molecule has 0 fully saturated rings. The van der Waals surface area contributed by atoms with E-state index in [-0.39, 0.29) is 5.91 Å². The Balaban J connectivity index is 1.54. The van der Waals surface area contributed by atoms with Crippen LogP contribution in [-0.4, -0.2) is 43.7 Å². The molecule has 2 aromatic carbocycles. The average Bonchev–Trinajstić information content (AvgIpc) is 3.08. The minimum atomic E-state index is 0.0770. The van der Waals surface area contributed by atoms with E-state index in [4.69, 9.17) is 0 Å². The van der Waals surface area contributed by atoms with Gasteiger partial charge in [-0.15, -0.1) is 16.9 Å². The van der Waals surface area contributed by atoms with Crippen LogP contribution >= 0.6 is 23.5 Å². The predicted molar refractivity (Wildman–Crippen MR) is 118 cm³/mol. The second-order valence-corrected chi connectivity index (χ2v) is 9.56. The maximum Gasteiger partial charge on any atom is 0.237 e. The highest BCUT2D eigenvalue weighted by molar-refractivity contribution is 8.00. The monoisotopic (exact) mass is 425 g/mol. The lowest BCUT2D eigenvalue weighted by atomic mass is 10.1. The Kier molecular flexibility index (Phi) is 5.91. The van der Waals surface area contributed by atoms with Crippen LogP contribution in [0.4, 0.5) is 5.69 Å². The number of benzene rings is 2. The summed E-state index contributed by atoms with van der Waals surface area (Å²) in [6.45, 7) is 7.02. The zero-order valence-corrected chi connectivity index (χ0v) is 18.3. The maximum absolute atomic E-state index is 13.1. The number of aromatic nitrogens is 4. The summed E-state index contributed by atoms with van der Waals surface area (Å²) < 4.78 is 1.73. The second-order valence-electron chi connectivity index (χ2n) is 7.13. The van der Waals surface area contributed by atoms with Crippen LogP contribution in [-0.2, 0) is 4.79 Å². The molecule has 150 valence electrons. The van der Waals surface area contributed by atoms with Gasteiger partial charge in [0, 0.05) is 16.7 Å². The summed E-state index contributed by atoms with van der Waals surface area (Å²) in [6.07, 6.45) is 0.968. The first-order valence-electron chi connectivity index (χ1n) is 9.58. The van der Waals surface area contributed by atoms with E-state index < -0.39 is 0 Å². The van der Waals surface area contributed by atoms with Crippen LogP contribution < -0.4 is 4.90 Å². The molecule has 0 bridgehead atoms. The van der Waals surface area contributed by atoms with Gasteiger partial charge in [-0.25, -0.2) is 0 Å². The number of tetrazole rings is 1. The van der Waals surface area contributed by atoms with E-state index in [0.29, 0.717) is 16.2 Å². The number of hydrogen-bond donors (Lipinski definition) is 0. The number of aryl methyl sites for hydroxylation is 2. The first-order valence-corrected chi connectivity index (χ1v) is 11.4. The molecule has 1 aliphatic heterocycles. The highest BCUT2D eigenvalue weighted by Gasteiger charge is 2.25. The number of hydrogen-bond acceptors (Lipinski definition) is 6. The molecule has 1 atom stereocenters. The van der Waals surface area contributed by atoms with Crippen LogP contribution in [0.3, 0.4) is 0 Å². The quantitative estimate of drug-likeness (QED) is 0.581. The highest BCUT2D eigenvalue weighted by Crippen LogP contribution is 2.37. The molecule has 29 heavy (non-hydrogen) atoms. The molecule has 0 radical (unpaired) electrons. The molecule has 3 aromatic rings. The van der Waals surface area contributed by atoms with Gasteiger partial charge in [-0.2, -0.15) is 4.68 Å². The minimum absolute atomic E-state index is 0.0770. The molecule has 0 unspecified atom stereocenters. The van der Waals surface area contributed by atoms with Gasteiger partial charge in [0.25, 0.3) is 0 Å². The molecule has 0 saturated heterocycles. The van der Waals surface area contributed by atoms with E-state index in [2.05, 4.69) is 28.5 Å². The van der Waals surface area contributed by atoms with Crippen LogP contribution in [0.1, 0.15) is 24.5 Å². The third kappa shape index (κ3) is 4.18. The van der Waals surface area contributed by atoms with Crippen molar-refractivity contribution < 1.29 is 4.79 Å². The van der Waals surface area contributed by atoms with Gasteiger partial charge in [0.2, 0.25) is 11.1 Å². The molecular weight excluding hydrogens is 402 g/mol. The molecule has 8 heteroatoms. The van der Waals surface area contributed by atoms with Gasteiger partial charge >= 0.3 is 0 Å². The van der Waals surface area contributed by atoms with E-state index >= 15 is 0 Å². The Labute approximate surface area is 179 Å². The largest absolute Gasteiger partial charge is 0.311 e. The Morgan fingerprint density at radius 2 is 1.93 bits per heavy atom. The number of carbonyl (C=O) groups is 1. The highest BCUT2D eigenvalue weighted by atomic mass is 32.2. The summed E-state index contributed by atoms with van der Waals surface area (Å²) in [6, 6.07) is 14.2. The van der Waals surface area contributed by atoms with Gasteiger partial charge in [-0.1, -0.05) is 49.0 Å². The van der Waals surface area contributed by atoms with E-state index in [1.807, 2.05) is 66.9 Å². The minimum Gasteiger partial charge on any atom is -0.311 e. The van der Waals surface area contributed by atoms with Gasteiger partial charge in [0.1, 0.15) is 0 Å². The van der Waals surface area contributed by atoms with Crippen molar-refractivity contribution in [2.24, 2.45) is 0 Å². The van der Waals surface area contributed by atoms with Gasteiger partial charge in [0.05, 0.1) is 17.1 Å². The number of thioether (sulfide) groups is 2. The molecule has 0 spiro atoms. The van der Waals surface area contributed by atoms with Crippen molar-refractivity contribution in [3.05, 3.63) is 53.6 Å². The van der Waals surface area contributed by atoms with Crippen LogP contribution in [0.2, 0.25) is 0 Å². The smallest absolute Gasteiger partial charge is 0.237 e. The standard InChI is InChI=1S/C21H23N5OS2/c1-14-7-6-8-15(2)20(14)26-21(22-23-24-26)28-13-19(27)25-12-11-16(3)29-18-10-5-4-9-17(18)25/h4-10,16H,11-13H2,1-3H3/t16-/m0/s1. The number of amides is 1. The number of carbonyl (C=O) groups excluding carboxylic acids is 1. The van der Waals surface area contributed by atoms with Crippen molar-refractivity contribution in [1.29, 1.82) is 0 Å². The molecule has 1 amide bonds. The zero-order valence-electron chi connectivity index (χ0n) is 16.7. The summed E-state index contributed by atoms with van der Waals surface area (Å²) in [5.41, 5.74) is 4.16. The molecule has 4 rings (SSSR count). The lowest BCUT2D eigenvalue weighted by molar-refractivity contribution is -0.116. The van der Waals surface area contributed by atoms with Crippen LogP contribution in [0.15, 0.2) is 52.5 Å². The summed E-state index contributed by atoms with van der Waals surface area (Å²) in [7, 11) is 0. The molecule has 0 saturated carbocycles. The normalized spacial score (nSPS) is 16.4. The molecule has 6 nitrogen and oxygen atoms in total. The fourth-order valence-corrected chi connectivity index (χ4v) is 5.36. The van der Waals surface area contributed by atoms with E-state index in [0.717, 1.165) is 40.4 Å².